The molecular weight excluding hydrogens is 260 g/mol. The highest BCUT2D eigenvalue weighted by Crippen LogP contribution is 2.23. The number of aliphatic imine (C=N–C) groups is 1. The second-order valence-electron chi connectivity index (χ2n) is 4.05. The lowest BCUT2D eigenvalue weighted by Crippen LogP contribution is -1.91. The van der Waals surface area contributed by atoms with Crippen LogP contribution in [0.2, 0.25) is 0 Å². The van der Waals surface area contributed by atoms with Gasteiger partial charge >= 0.3 is 0 Å². The standard InChI is InChI=1S/C14H12N2O4/c17-9-10-3-1-2-4-13(10)15-8-11-7-12(16(19)20)5-6-14(11)18/h1-8,17-18H,9H2. The molecule has 0 spiro atoms. The van der Waals surface area contributed by atoms with E-state index in [1.54, 1.807) is 24.3 Å². The molecule has 0 aliphatic rings. The molecule has 20 heavy (non-hydrogen) atoms. The van der Waals surface area contributed by atoms with Crippen molar-refractivity contribution in [2.24, 2.45) is 4.99 Å². The first-order valence-corrected chi connectivity index (χ1v) is 5.82. The van der Waals surface area contributed by atoms with Gasteiger partial charge in [0.05, 0.1) is 17.2 Å². The fourth-order valence-electron chi connectivity index (χ4n) is 1.67. The van der Waals surface area contributed by atoms with Gasteiger partial charge < -0.3 is 10.2 Å². The Morgan fingerprint density at radius 2 is 2.00 bits per heavy atom. The topological polar surface area (TPSA) is 96.0 Å². The number of aliphatic hydroxyl groups is 1. The Morgan fingerprint density at radius 3 is 2.70 bits per heavy atom. The number of rotatable bonds is 4. The number of aromatic hydroxyl groups is 1. The van der Waals surface area contributed by atoms with Crippen molar-refractivity contribution < 1.29 is 15.1 Å². The lowest BCUT2D eigenvalue weighted by molar-refractivity contribution is -0.384. The van der Waals surface area contributed by atoms with E-state index in [1.165, 1.54) is 24.4 Å². The van der Waals surface area contributed by atoms with Crippen molar-refractivity contribution in [1.82, 2.24) is 0 Å². The van der Waals surface area contributed by atoms with E-state index in [0.717, 1.165) is 0 Å². The Morgan fingerprint density at radius 1 is 1.25 bits per heavy atom. The molecule has 0 amide bonds. The van der Waals surface area contributed by atoms with Crippen molar-refractivity contribution in [1.29, 1.82) is 0 Å². The van der Waals surface area contributed by atoms with E-state index in [9.17, 15) is 20.3 Å². The molecule has 2 rings (SSSR count). The van der Waals surface area contributed by atoms with Gasteiger partial charge in [-0.25, -0.2) is 0 Å². The van der Waals surface area contributed by atoms with Gasteiger partial charge in [-0.2, -0.15) is 0 Å². The minimum Gasteiger partial charge on any atom is -0.507 e. The number of nitro benzene ring substituents is 1. The number of nitrogens with zero attached hydrogens (tertiary/aromatic N) is 2. The molecule has 0 aromatic heterocycles. The summed E-state index contributed by atoms with van der Waals surface area (Å²) in [5.74, 6) is -0.0965. The first-order chi connectivity index (χ1) is 9.61. The van der Waals surface area contributed by atoms with Crippen LogP contribution in [0.5, 0.6) is 5.75 Å². The summed E-state index contributed by atoms with van der Waals surface area (Å²) in [6.45, 7) is -0.158. The van der Waals surface area contributed by atoms with Gasteiger partial charge in [-0.05, 0) is 12.1 Å². The lowest BCUT2D eigenvalue weighted by Gasteiger charge is -2.02. The molecule has 0 saturated heterocycles. The van der Waals surface area contributed by atoms with Gasteiger partial charge in [0.2, 0.25) is 0 Å². The van der Waals surface area contributed by atoms with E-state index >= 15 is 0 Å². The Bertz CT molecular complexity index is 668. The minimum absolute atomic E-state index is 0.0965. The number of phenolic OH excluding ortho intramolecular Hbond substituents is 1. The molecule has 0 saturated carbocycles. The van der Waals surface area contributed by atoms with E-state index in [0.29, 0.717) is 11.3 Å². The molecule has 102 valence electrons. The maximum absolute atomic E-state index is 10.7. The third-order valence-electron chi connectivity index (χ3n) is 2.73. The van der Waals surface area contributed by atoms with E-state index in [1.807, 2.05) is 0 Å². The summed E-state index contributed by atoms with van der Waals surface area (Å²) in [4.78, 5) is 14.3. The van der Waals surface area contributed by atoms with Gasteiger partial charge in [0, 0.05) is 29.5 Å². The van der Waals surface area contributed by atoms with Crippen LogP contribution >= 0.6 is 0 Å². The fourth-order valence-corrected chi connectivity index (χ4v) is 1.67. The zero-order valence-corrected chi connectivity index (χ0v) is 10.4. The zero-order valence-electron chi connectivity index (χ0n) is 10.4. The SMILES string of the molecule is O=[N+]([O-])c1ccc(O)c(C=Nc2ccccc2CO)c1. The van der Waals surface area contributed by atoms with Crippen LogP contribution in [-0.4, -0.2) is 21.4 Å². The van der Waals surface area contributed by atoms with Crippen LogP contribution in [0.4, 0.5) is 11.4 Å². The number of hydrogen-bond acceptors (Lipinski definition) is 5. The number of phenols is 1. The summed E-state index contributed by atoms with van der Waals surface area (Å²) in [5, 5.41) is 29.5. The highest BCUT2D eigenvalue weighted by atomic mass is 16.6. The summed E-state index contributed by atoms with van der Waals surface area (Å²) in [6.07, 6.45) is 1.33. The Hall–Kier alpha value is -2.73. The van der Waals surface area contributed by atoms with E-state index < -0.39 is 4.92 Å². The average Bonchev–Trinajstić information content (AvgIpc) is 2.46. The molecule has 0 fully saturated rings. The van der Waals surface area contributed by atoms with Crippen LogP contribution in [0.3, 0.4) is 0 Å². The van der Waals surface area contributed by atoms with Crippen LogP contribution < -0.4 is 0 Å². The lowest BCUT2D eigenvalue weighted by atomic mass is 10.1. The Labute approximate surface area is 114 Å². The fraction of sp³-hybridized carbons (Fsp3) is 0.0714. The van der Waals surface area contributed by atoms with E-state index in [4.69, 9.17) is 0 Å². The monoisotopic (exact) mass is 272 g/mol. The van der Waals surface area contributed by atoms with Crippen molar-refractivity contribution in [3.63, 3.8) is 0 Å². The molecule has 0 heterocycles. The van der Waals surface area contributed by atoms with Gasteiger partial charge in [0.25, 0.3) is 5.69 Å². The third-order valence-corrected chi connectivity index (χ3v) is 2.73. The van der Waals surface area contributed by atoms with E-state index in [-0.39, 0.29) is 23.6 Å². The largest absolute Gasteiger partial charge is 0.507 e. The number of hydrogen-bond donors (Lipinski definition) is 2. The summed E-state index contributed by atoms with van der Waals surface area (Å²) in [6, 6.07) is 10.7. The molecule has 0 bridgehead atoms. The predicted molar refractivity (Wildman–Crippen MR) is 74.4 cm³/mol. The molecule has 2 aromatic rings. The van der Waals surface area contributed by atoms with Gasteiger partial charge in [-0.3, -0.25) is 15.1 Å². The molecule has 0 atom stereocenters. The number of benzene rings is 2. The molecule has 2 aromatic carbocycles. The van der Waals surface area contributed by atoms with Gasteiger partial charge in [0.15, 0.2) is 0 Å². The van der Waals surface area contributed by atoms with Crippen molar-refractivity contribution in [2.75, 3.05) is 0 Å². The first-order valence-electron chi connectivity index (χ1n) is 5.82. The number of aliphatic hydroxyl groups excluding tert-OH is 1. The average molecular weight is 272 g/mol. The van der Waals surface area contributed by atoms with Gasteiger partial charge in [-0.15, -0.1) is 0 Å². The second-order valence-corrected chi connectivity index (χ2v) is 4.05. The number of para-hydroxylation sites is 1. The molecule has 0 aliphatic heterocycles. The Balaban J connectivity index is 2.36. The summed E-state index contributed by atoms with van der Waals surface area (Å²) in [5.41, 5.74) is 1.29. The molecule has 0 unspecified atom stereocenters. The summed E-state index contributed by atoms with van der Waals surface area (Å²) < 4.78 is 0. The van der Waals surface area contributed by atoms with E-state index in [2.05, 4.69) is 4.99 Å². The molecule has 6 heteroatoms. The normalized spacial score (nSPS) is 10.8. The molecule has 0 aliphatic carbocycles. The first kappa shape index (κ1) is 13.7. The molecular formula is C14H12N2O4. The smallest absolute Gasteiger partial charge is 0.270 e. The predicted octanol–water partition coefficient (Wildman–Crippen LogP) is 2.54. The minimum atomic E-state index is -0.543. The highest BCUT2D eigenvalue weighted by Gasteiger charge is 2.08. The van der Waals surface area contributed by atoms with Crippen molar-refractivity contribution in [2.45, 2.75) is 6.61 Å². The maximum atomic E-state index is 10.7. The highest BCUT2D eigenvalue weighted by molar-refractivity contribution is 5.86. The van der Waals surface area contributed by atoms with Gasteiger partial charge in [-0.1, -0.05) is 18.2 Å². The molecule has 0 radical (unpaired) electrons. The zero-order chi connectivity index (χ0) is 14.5. The van der Waals surface area contributed by atoms with Crippen molar-refractivity contribution >= 4 is 17.6 Å². The van der Waals surface area contributed by atoms with Crippen LogP contribution in [0, 0.1) is 10.1 Å². The number of nitro groups is 1. The quantitative estimate of drug-likeness (QED) is 0.508. The molecule has 2 N–H and O–H groups in total. The molecule has 6 nitrogen and oxygen atoms in total. The van der Waals surface area contributed by atoms with Crippen LogP contribution in [0.25, 0.3) is 0 Å². The number of non-ortho nitro benzene ring substituents is 1. The van der Waals surface area contributed by atoms with Crippen LogP contribution in [0.1, 0.15) is 11.1 Å². The Kier molecular flexibility index (Phi) is 4.07. The van der Waals surface area contributed by atoms with Gasteiger partial charge in [0.1, 0.15) is 5.75 Å². The summed E-state index contributed by atoms with van der Waals surface area (Å²) >= 11 is 0. The van der Waals surface area contributed by atoms with Crippen LogP contribution in [-0.2, 0) is 6.61 Å². The summed E-state index contributed by atoms with van der Waals surface area (Å²) in [7, 11) is 0. The maximum Gasteiger partial charge on any atom is 0.270 e. The van der Waals surface area contributed by atoms with Crippen molar-refractivity contribution in [3.05, 3.63) is 63.7 Å². The van der Waals surface area contributed by atoms with Crippen LogP contribution in [0.15, 0.2) is 47.5 Å². The third kappa shape index (κ3) is 2.99. The van der Waals surface area contributed by atoms with Crippen molar-refractivity contribution in [3.8, 4) is 5.75 Å². The second kappa shape index (κ2) is 5.94.